The van der Waals surface area contributed by atoms with Crippen LogP contribution in [0.25, 0.3) is 0 Å². The molecule has 0 fully saturated rings. The molecule has 1 aromatic heterocycles. The number of amides is 2. The molecule has 1 aliphatic heterocycles. The lowest BCUT2D eigenvalue weighted by Gasteiger charge is -2.19. The molecule has 5 nitrogen and oxygen atoms in total. The van der Waals surface area contributed by atoms with Crippen molar-refractivity contribution < 1.29 is 27.7 Å². The Bertz CT molecular complexity index is 877. The molecule has 9 heteroatoms. The lowest BCUT2D eigenvalue weighted by molar-refractivity contribution is -0.895. The van der Waals surface area contributed by atoms with Crippen molar-refractivity contribution in [3.63, 3.8) is 0 Å². The number of alkyl halides is 3. The van der Waals surface area contributed by atoms with Gasteiger partial charge in [0.2, 0.25) is 0 Å². The van der Waals surface area contributed by atoms with Crippen LogP contribution in [0.3, 0.4) is 0 Å². The quantitative estimate of drug-likeness (QED) is 0.753. The molecule has 0 bridgehead atoms. The van der Waals surface area contributed by atoms with Gasteiger partial charge in [0, 0.05) is 12.0 Å². The number of fused-ring (bicyclic) bond motifs is 1. The van der Waals surface area contributed by atoms with Crippen LogP contribution >= 0.6 is 11.3 Å². The molecular formula is C17H17F3N3O2S+. The third-order valence-corrected chi connectivity index (χ3v) is 5.43. The van der Waals surface area contributed by atoms with E-state index >= 15 is 0 Å². The molecule has 0 saturated carbocycles. The van der Waals surface area contributed by atoms with Crippen LogP contribution in [0.1, 0.15) is 36.7 Å². The van der Waals surface area contributed by atoms with Crippen LogP contribution in [0.5, 0.6) is 0 Å². The monoisotopic (exact) mass is 384 g/mol. The van der Waals surface area contributed by atoms with E-state index in [1.54, 1.807) is 0 Å². The Labute approximate surface area is 151 Å². The molecule has 1 atom stereocenters. The Morgan fingerprint density at radius 3 is 2.69 bits per heavy atom. The van der Waals surface area contributed by atoms with Crippen LogP contribution in [0.15, 0.2) is 24.3 Å². The summed E-state index contributed by atoms with van der Waals surface area (Å²) >= 11 is 1.25. The summed E-state index contributed by atoms with van der Waals surface area (Å²) in [5, 5.41) is 2.85. The van der Waals surface area contributed by atoms with Crippen LogP contribution in [0.4, 0.5) is 18.2 Å². The number of carbonyl (C=O) groups is 2. The summed E-state index contributed by atoms with van der Waals surface area (Å²) in [6.07, 6.45) is -3.88. The fourth-order valence-electron chi connectivity index (χ4n) is 2.98. The van der Waals surface area contributed by atoms with Gasteiger partial charge in [-0.1, -0.05) is 6.07 Å². The van der Waals surface area contributed by atoms with E-state index in [0.29, 0.717) is 18.0 Å². The van der Waals surface area contributed by atoms with Gasteiger partial charge in [0.05, 0.1) is 29.6 Å². The van der Waals surface area contributed by atoms with Crippen LogP contribution < -0.4 is 16.0 Å². The maximum absolute atomic E-state index is 12.8. The first kappa shape index (κ1) is 18.4. The number of anilines is 1. The minimum absolute atomic E-state index is 0.135. The van der Waals surface area contributed by atoms with Crippen molar-refractivity contribution in [1.29, 1.82) is 0 Å². The topological polar surface area (TPSA) is 76.6 Å². The van der Waals surface area contributed by atoms with Crippen molar-refractivity contribution in [3.05, 3.63) is 51.4 Å². The number of thiophene rings is 1. The summed E-state index contributed by atoms with van der Waals surface area (Å²) in [5.41, 5.74) is 5.52. The third kappa shape index (κ3) is 3.58. The zero-order valence-electron chi connectivity index (χ0n) is 13.9. The number of halogens is 3. The molecule has 138 valence electrons. The number of nitrogens with two attached hydrogens (primary N) is 1. The molecule has 2 heterocycles. The predicted octanol–water partition coefficient (Wildman–Crippen LogP) is 1.69. The minimum atomic E-state index is -4.54. The van der Waals surface area contributed by atoms with E-state index in [9.17, 15) is 22.8 Å². The maximum atomic E-state index is 12.8. The highest BCUT2D eigenvalue weighted by Crippen LogP contribution is 2.35. The number of quaternary nitrogens is 1. The molecule has 1 unspecified atom stereocenters. The number of primary amides is 1. The van der Waals surface area contributed by atoms with Crippen LogP contribution in [0.2, 0.25) is 0 Å². The first-order chi connectivity index (χ1) is 12.2. The number of carbonyl (C=O) groups excluding carboxylic acids is 2. The summed E-state index contributed by atoms with van der Waals surface area (Å²) < 4.78 is 38.5. The highest BCUT2D eigenvalue weighted by Gasteiger charge is 2.32. The molecule has 2 amide bonds. The van der Waals surface area contributed by atoms with Crippen molar-refractivity contribution in [2.75, 3.05) is 18.9 Å². The summed E-state index contributed by atoms with van der Waals surface area (Å²) in [6.45, 7) is 1.55. The van der Waals surface area contributed by atoms with Gasteiger partial charge in [-0.15, -0.1) is 11.3 Å². The van der Waals surface area contributed by atoms with Gasteiger partial charge < -0.3 is 16.0 Å². The lowest BCUT2D eigenvalue weighted by atomic mass is 10.0. The molecular weight excluding hydrogens is 367 g/mol. The Morgan fingerprint density at radius 2 is 2.04 bits per heavy atom. The summed E-state index contributed by atoms with van der Waals surface area (Å²) in [7, 11) is 2.02. The standard InChI is InChI=1S/C17H16F3N3O2S/c1-23-6-5-11-12(8-23)26-16(13(11)14(21)24)22-15(25)9-3-2-4-10(7-9)17(18,19)20/h2-4,7H,5-6,8H2,1H3,(H2,21,24)(H,22,25)/p+1. The van der Waals surface area contributed by atoms with Gasteiger partial charge >= 0.3 is 6.18 Å². The fourth-order valence-corrected chi connectivity index (χ4v) is 4.34. The molecule has 2 aromatic rings. The third-order valence-electron chi connectivity index (χ3n) is 4.28. The van der Waals surface area contributed by atoms with Crippen LogP contribution in [0, 0.1) is 0 Å². The molecule has 3 rings (SSSR count). The molecule has 4 N–H and O–H groups in total. The van der Waals surface area contributed by atoms with E-state index in [2.05, 4.69) is 5.32 Å². The van der Waals surface area contributed by atoms with Gasteiger partial charge in [0.1, 0.15) is 11.5 Å². The van der Waals surface area contributed by atoms with Gasteiger partial charge in [-0.2, -0.15) is 13.2 Å². The number of benzene rings is 1. The SMILES string of the molecule is C[NH+]1CCc2c(sc(NC(=O)c3cccc(C(F)(F)F)c3)c2C(N)=O)C1. The van der Waals surface area contributed by atoms with E-state index in [0.717, 1.165) is 29.1 Å². The average molecular weight is 384 g/mol. The Kier molecular flexibility index (Phi) is 4.76. The lowest BCUT2D eigenvalue weighted by Crippen LogP contribution is -3.08. The van der Waals surface area contributed by atoms with Gasteiger partial charge in [0.15, 0.2) is 0 Å². The van der Waals surface area contributed by atoms with Crippen molar-refractivity contribution in [2.24, 2.45) is 5.73 Å². The second-order valence-electron chi connectivity index (χ2n) is 6.24. The van der Waals surface area contributed by atoms with Gasteiger partial charge in [-0.25, -0.2) is 0 Å². The van der Waals surface area contributed by atoms with Crippen LogP contribution in [-0.4, -0.2) is 25.4 Å². The summed E-state index contributed by atoms with van der Waals surface area (Å²) in [4.78, 5) is 26.5. The number of likely N-dealkylation sites (N-methyl/N-ethyl adjacent to an activating group) is 1. The molecule has 1 aliphatic rings. The van der Waals surface area contributed by atoms with E-state index in [-0.39, 0.29) is 11.1 Å². The zero-order chi connectivity index (χ0) is 19.1. The summed E-state index contributed by atoms with van der Waals surface area (Å²) in [5.74, 6) is -1.36. The fraction of sp³-hybridized carbons (Fsp3) is 0.294. The van der Waals surface area contributed by atoms with Crippen molar-refractivity contribution in [2.45, 2.75) is 19.1 Å². The minimum Gasteiger partial charge on any atom is -0.365 e. The highest BCUT2D eigenvalue weighted by molar-refractivity contribution is 7.17. The zero-order valence-corrected chi connectivity index (χ0v) is 14.7. The Hall–Kier alpha value is -2.39. The first-order valence-corrected chi connectivity index (χ1v) is 8.72. The van der Waals surface area contributed by atoms with Gasteiger partial charge in [0.25, 0.3) is 11.8 Å². The van der Waals surface area contributed by atoms with Gasteiger partial charge in [-0.05, 0) is 23.8 Å². The van der Waals surface area contributed by atoms with Gasteiger partial charge in [-0.3, -0.25) is 9.59 Å². The normalized spacial score (nSPS) is 16.8. The molecule has 1 aromatic carbocycles. The second-order valence-corrected chi connectivity index (χ2v) is 7.34. The van der Waals surface area contributed by atoms with E-state index < -0.39 is 23.6 Å². The number of hydrogen-bond donors (Lipinski definition) is 3. The molecule has 0 spiro atoms. The average Bonchev–Trinajstić information content (AvgIpc) is 2.91. The maximum Gasteiger partial charge on any atom is 0.416 e. The number of hydrogen-bond acceptors (Lipinski definition) is 3. The number of nitrogens with one attached hydrogen (secondary N) is 2. The van der Waals surface area contributed by atoms with Crippen LogP contribution in [-0.2, 0) is 19.1 Å². The largest absolute Gasteiger partial charge is 0.416 e. The smallest absolute Gasteiger partial charge is 0.365 e. The first-order valence-electron chi connectivity index (χ1n) is 7.91. The van der Waals surface area contributed by atoms with E-state index in [1.165, 1.54) is 28.4 Å². The second kappa shape index (κ2) is 6.73. The Morgan fingerprint density at radius 1 is 1.31 bits per heavy atom. The molecule has 26 heavy (non-hydrogen) atoms. The van der Waals surface area contributed by atoms with E-state index in [1.807, 2.05) is 7.05 Å². The number of rotatable bonds is 3. The van der Waals surface area contributed by atoms with Crippen molar-refractivity contribution in [1.82, 2.24) is 0 Å². The highest BCUT2D eigenvalue weighted by atomic mass is 32.1. The predicted molar refractivity (Wildman–Crippen MR) is 91.4 cm³/mol. The van der Waals surface area contributed by atoms with Crippen molar-refractivity contribution in [3.8, 4) is 0 Å². The molecule has 0 radical (unpaired) electrons. The van der Waals surface area contributed by atoms with E-state index in [4.69, 9.17) is 5.73 Å². The summed E-state index contributed by atoms with van der Waals surface area (Å²) in [6, 6.07) is 4.14. The molecule has 0 aliphatic carbocycles. The van der Waals surface area contributed by atoms with Crippen molar-refractivity contribution >= 4 is 28.2 Å². The Balaban J connectivity index is 1.92. The molecule has 0 saturated heterocycles.